The summed E-state index contributed by atoms with van der Waals surface area (Å²) >= 11 is 0. The number of nitrogens with two attached hydrogens (primary N) is 1. The summed E-state index contributed by atoms with van der Waals surface area (Å²) in [5, 5.41) is 1.98. The summed E-state index contributed by atoms with van der Waals surface area (Å²) in [6.45, 7) is 1.17. The van der Waals surface area contributed by atoms with Crippen molar-refractivity contribution in [2.24, 2.45) is 5.73 Å². The third kappa shape index (κ3) is 2.25. The van der Waals surface area contributed by atoms with Crippen LogP contribution in [0.4, 0.5) is 0 Å². The average molecular weight is 144 g/mol. The van der Waals surface area contributed by atoms with Gasteiger partial charge < -0.3 is 11.1 Å². The van der Waals surface area contributed by atoms with Gasteiger partial charge in [-0.2, -0.15) is 0 Å². The second-order valence-corrected chi connectivity index (χ2v) is 1.73. The molecule has 1 atom stereocenters. The highest BCUT2D eigenvalue weighted by atomic mass is 16.2. The zero-order valence-electron chi connectivity index (χ0n) is 5.46. The van der Waals surface area contributed by atoms with Crippen LogP contribution in [0.2, 0.25) is 0 Å². The highest BCUT2D eigenvalue weighted by Gasteiger charge is 2.18. The van der Waals surface area contributed by atoms with Crippen LogP contribution in [0.1, 0.15) is 6.92 Å². The van der Waals surface area contributed by atoms with Crippen molar-refractivity contribution < 1.29 is 14.4 Å². The number of hydrogen-bond donors (Lipinski definition) is 2. The lowest BCUT2D eigenvalue weighted by molar-refractivity contribution is -0.130. The Balaban J connectivity index is 4.11. The Bertz CT molecular complexity index is 152. The molecule has 56 valence electrons. The largest absolute Gasteiger partial charge is 0.367 e. The van der Waals surface area contributed by atoms with E-state index in [1.165, 1.54) is 6.92 Å². The first kappa shape index (κ1) is 8.61. The Morgan fingerprint density at radius 1 is 1.60 bits per heavy atom. The quantitative estimate of drug-likeness (QED) is 0.359. The Kier molecular flexibility index (Phi) is 3.10. The second kappa shape index (κ2) is 3.60. The summed E-state index contributed by atoms with van der Waals surface area (Å²) in [6.07, 6.45) is 0.261. The fraction of sp³-hybridized carbons (Fsp3) is 0.400. The molecule has 0 saturated carbocycles. The topological polar surface area (TPSA) is 89.3 Å². The van der Waals surface area contributed by atoms with Gasteiger partial charge in [-0.3, -0.25) is 14.4 Å². The van der Waals surface area contributed by atoms with Gasteiger partial charge in [-0.1, -0.05) is 0 Å². The molecule has 0 aromatic heterocycles. The van der Waals surface area contributed by atoms with E-state index in [1.807, 2.05) is 5.32 Å². The van der Waals surface area contributed by atoms with Gasteiger partial charge in [0.1, 0.15) is 0 Å². The Hall–Kier alpha value is -1.39. The zero-order valence-corrected chi connectivity index (χ0v) is 5.46. The van der Waals surface area contributed by atoms with E-state index in [9.17, 15) is 14.4 Å². The first-order chi connectivity index (χ1) is 4.59. The van der Waals surface area contributed by atoms with E-state index in [-0.39, 0.29) is 6.41 Å². The molecule has 0 bridgehead atoms. The molecule has 0 rings (SSSR count). The van der Waals surface area contributed by atoms with Crippen molar-refractivity contribution in [1.29, 1.82) is 0 Å². The van der Waals surface area contributed by atoms with E-state index in [2.05, 4.69) is 0 Å². The van der Waals surface area contributed by atoms with Crippen molar-refractivity contribution in [3.05, 3.63) is 0 Å². The lowest BCUT2D eigenvalue weighted by Gasteiger charge is -2.05. The maximum absolute atomic E-state index is 10.5. The van der Waals surface area contributed by atoms with Gasteiger partial charge in [-0.15, -0.1) is 0 Å². The number of hydrogen-bond acceptors (Lipinski definition) is 3. The molecule has 5 heteroatoms. The number of primary amides is 1. The van der Waals surface area contributed by atoms with Crippen molar-refractivity contribution >= 4 is 18.1 Å². The van der Waals surface area contributed by atoms with Crippen molar-refractivity contribution in [3.63, 3.8) is 0 Å². The lowest BCUT2D eigenvalue weighted by atomic mass is 10.2. The van der Waals surface area contributed by atoms with Crippen molar-refractivity contribution in [2.45, 2.75) is 13.0 Å². The highest BCUT2D eigenvalue weighted by Crippen LogP contribution is 1.81. The minimum absolute atomic E-state index is 0.261. The smallest absolute Gasteiger partial charge is 0.247 e. The molecule has 0 fully saturated rings. The van der Waals surface area contributed by atoms with Crippen LogP contribution in [0.15, 0.2) is 0 Å². The molecule has 10 heavy (non-hydrogen) atoms. The van der Waals surface area contributed by atoms with E-state index in [0.717, 1.165) is 0 Å². The summed E-state index contributed by atoms with van der Waals surface area (Å²) in [5.41, 5.74) is 4.74. The van der Waals surface area contributed by atoms with E-state index >= 15 is 0 Å². The van der Waals surface area contributed by atoms with Crippen LogP contribution in [0, 0.1) is 0 Å². The monoisotopic (exact) mass is 144 g/mol. The fourth-order valence-corrected chi connectivity index (χ4v) is 0.468. The van der Waals surface area contributed by atoms with Crippen LogP contribution >= 0.6 is 0 Å². The Morgan fingerprint density at radius 3 is 2.20 bits per heavy atom. The van der Waals surface area contributed by atoms with E-state index in [0.29, 0.717) is 0 Å². The number of ketones is 1. The second-order valence-electron chi connectivity index (χ2n) is 1.73. The zero-order chi connectivity index (χ0) is 8.15. The molecule has 0 aromatic rings. The number of amides is 2. The maximum Gasteiger partial charge on any atom is 0.247 e. The highest BCUT2D eigenvalue weighted by molar-refractivity contribution is 6.04. The van der Waals surface area contributed by atoms with Crippen molar-refractivity contribution in [3.8, 4) is 0 Å². The maximum atomic E-state index is 10.5. The van der Waals surface area contributed by atoms with Gasteiger partial charge in [0.25, 0.3) is 0 Å². The summed E-state index contributed by atoms with van der Waals surface area (Å²) in [6, 6.07) is -1.18. The molecule has 0 radical (unpaired) electrons. The van der Waals surface area contributed by atoms with Gasteiger partial charge in [-0.05, 0) is 6.92 Å². The molecular formula is C5H8N2O3. The van der Waals surface area contributed by atoms with Gasteiger partial charge in [0.15, 0.2) is 11.8 Å². The SMILES string of the molecule is CC(=O)C(NC=O)C(N)=O. The number of carbonyl (C=O) groups excluding carboxylic acids is 3. The van der Waals surface area contributed by atoms with Crippen LogP contribution in [0.25, 0.3) is 0 Å². The third-order valence-electron chi connectivity index (χ3n) is 0.926. The number of carbonyl (C=O) groups is 3. The van der Waals surface area contributed by atoms with E-state index < -0.39 is 17.7 Å². The first-order valence-electron chi connectivity index (χ1n) is 2.59. The molecule has 3 N–H and O–H groups in total. The molecule has 5 nitrogen and oxygen atoms in total. The van der Waals surface area contributed by atoms with Gasteiger partial charge in [-0.25, -0.2) is 0 Å². The van der Waals surface area contributed by atoms with Crippen LogP contribution in [0.3, 0.4) is 0 Å². The predicted molar refractivity (Wildman–Crippen MR) is 32.9 cm³/mol. The number of Topliss-reactive ketones (excluding diaryl/α,β-unsaturated/α-hetero) is 1. The molecule has 0 aliphatic heterocycles. The minimum Gasteiger partial charge on any atom is -0.367 e. The van der Waals surface area contributed by atoms with Crippen LogP contribution < -0.4 is 11.1 Å². The summed E-state index contributed by atoms with van der Waals surface area (Å²) < 4.78 is 0. The molecule has 0 aliphatic carbocycles. The molecule has 2 amide bonds. The molecule has 1 unspecified atom stereocenters. The van der Waals surface area contributed by atoms with Gasteiger partial charge in [0, 0.05) is 0 Å². The number of nitrogens with one attached hydrogen (secondary N) is 1. The summed E-state index contributed by atoms with van der Waals surface area (Å²) in [4.78, 5) is 30.5. The van der Waals surface area contributed by atoms with Crippen LogP contribution in [0.5, 0.6) is 0 Å². The molecule has 0 aliphatic rings. The van der Waals surface area contributed by atoms with E-state index in [1.54, 1.807) is 0 Å². The molecular weight excluding hydrogens is 136 g/mol. The molecule has 0 heterocycles. The first-order valence-corrected chi connectivity index (χ1v) is 2.59. The standard InChI is InChI=1S/C5H8N2O3/c1-3(9)4(5(6)10)7-2-8/h2,4H,1H3,(H2,6,10)(H,7,8). The van der Waals surface area contributed by atoms with Gasteiger partial charge in [0.05, 0.1) is 0 Å². The minimum atomic E-state index is -1.18. The van der Waals surface area contributed by atoms with Crippen LogP contribution in [-0.2, 0) is 14.4 Å². The molecule has 0 spiro atoms. The van der Waals surface area contributed by atoms with E-state index in [4.69, 9.17) is 5.73 Å². The Labute approximate surface area is 57.6 Å². The fourth-order valence-electron chi connectivity index (χ4n) is 0.468. The normalized spacial score (nSPS) is 11.7. The summed E-state index contributed by atoms with van der Waals surface area (Å²) in [5.74, 6) is -1.32. The van der Waals surface area contributed by atoms with Crippen molar-refractivity contribution in [2.75, 3.05) is 0 Å². The average Bonchev–Trinajstić information content (AvgIpc) is 1.81. The molecule has 0 aromatic carbocycles. The lowest BCUT2D eigenvalue weighted by Crippen LogP contribution is -2.45. The van der Waals surface area contributed by atoms with Gasteiger partial charge >= 0.3 is 0 Å². The van der Waals surface area contributed by atoms with Crippen LogP contribution in [-0.4, -0.2) is 24.1 Å². The third-order valence-corrected chi connectivity index (χ3v) is 0.926. The molecule has 0 saturated heterocycles. The number of rotatable bonds is 4. The predicted octanol–water partition coefficient (Wildman–Crippen LogP) is -1.82. The summed E-state index contributed by atoms with van der Waals surface area (Å²) in [7, 11) is 0. The van der Waals surface area contributed by atoms with Gasteiger partial charge in [0.2, 0.25) is 12.3 Å². The van der Waals surface area contributed by atoms with Crippen molar-refractivity contribution in [1.82, 2.24) is 5.32 Å². The Morgan fingerprint density at radius 2 is 2.10 bits per heavy atom.